The van der Waals surface area contributed by atoms with Crippen LogP contribution in [0, 0.1) is 0 Å². The molecule has 1 aromatic rings. The van der Waals surface area contributed by atoms with E-state index in [1.807, 2.05) is 37.3 Å². The van der Waals surface area contributed by atoms with E-state index in [0.717, 1.165) is 5.56 Å². The highest BCUT2D eigenvalue weighted by Gasteiger charge is 2.11. The summed E-state index contributed by atoms with van der Waals surface area (Å²) >= 11 is 0. The quantitative estimate of drug-likeness (QED) is 0.731. The molecule has 0 saturated heterocycles. The number of aliphatic hydroxyl groups is 1. The molecular formula is C13H19NO3. The van der Waals surface area contributed by atoms with E-state index in [0.29, 0.717) is 13.0 Å². The van der Waals surface area contributed by atoms with E-state index in [1.165, 1.54) is 7.11 Å². The second-order valence-corrected chi connectivity index (χ2v) is 4.02. The Labute approximate surface area is 102 Å². The molecule has 17 heavy (non-hydrogen) atoms. The van der Waals surface area contributed by atoms with Gasteiger partial charge in [0.2, 0.25) is 0 Å². The summed E-state index contributed by atoms with van der Waals surface area (Å²) in [7, 11) is 1.37. The SMILES string of the molecule is COC(=O)CC(C)NCC(O)c1ccccc1. The summed E-state index contributed by atoms with van der Waals surface area (Å²) in [6.07, 6.45) is -0.255. The number of esters is 1. The Morgan fingerprint density at radius 3 is 2.65 bits per heavy atom. The average Bonchev–Trinajstić information content (AvgIpc) is 2.36. The van der Waals surface area contributed by atoms with Gasteiger partial charge in [0, 0.05) is 12.6 Å². The molecule has 0 saturated carbocycles. The van der Waals surface area contributed by atoms with Crippen molar-refractivity contribution in [1.82, 2.24) is 5.32 Å². The van der Waals surface area contributed by atoms with E-state index < -0.39 is 6.10 Å². The third-order valence-corrected chi connectivity index (χ3v) is 2.54. The smallest absolute Gasteiger partial charge is 0.307 e. The minimum Gasteiger partial charge on any atom is -0.469 e. The van der Waals surface area contributed by atoms with Crippen molar-refractivity contribution in [3.8, 4) is 0 Å². The minimum atomic E-state index is -0.559. The number of carbonyl (C=O) groups excluding carboxylic acids is 1. The molecule has 2 N–H and O–H groups in total. The number of aliphatic hydroxyl groups excluding tert-OH is 1. The molecule has 94 valence electrons. The third-order valence-electron chi connectivity index (χ3n) is 2.54. The van der Waals surface area contributed by atoms with Crippen molar-refractivity contribution in [3.05, 3.63) is 35.9 Å². The third kappa shape index (κ3) is 4.97. The van der Waals surface area contributed by atoms with Crippen molar-refractivity contribution in [2.24, 2.45) is 0 Å². The van der Waals surface area contributed by atoms with Crippen LogP contribution >= 0.6 is 0 Å². The first-order valence-electron chi connectivity index (χ1n) is 5.66. The summed E-state index contributed by atoms with van der Waals surface area (Å²) in [5, 5.41) is 13.0. The Morgan fingerprint density at radius 2 is 2.06 bits per heavy atom. The van der Waals surface area contributed by atoms with Gasteiger partial charge in [-0.1, -0.05) is 30.3 Å². The molecule has 0 fully saturated rings. The minimum absolute atomic E-state index is 0.0131. The molecule has 0 bridgehead atoms. The Kier molecular flexibility index (Phi) is 5.66. The first-order valence-corrected chi connectivity index (χ1v) is 5.66. The largest absolute Gasteiger partial charge is 0.469 e. The number of hydrogen-bond donors (Lipinski definition) is 2. The van der Waals surface area contributed by atoms with Gasteiger partial charge >= 0.3 is 5.97 Å². The molecule has 0 heterocycles. The zero-order valence-electron chi connectivity index (χ0n) is 10.2. The topological polar surface area (TPSA) is 58.6 Å². The van der Waals surface area contributed by atoms with Gasteiger partial charge in [-0.15, -0.1) is 0 Å². The molecule has 2 atom stereocenters. The van der Waals surface area contributed by atoms with Crippen molar-refractivity contribution in [3.63, 3.8) is 0 Å². The second kappa shape index (κ2) is 7.04. The van der Waals surface area contributed by atoms with Crippen LogP contribution in [0.5, 0.6) is 0 Å². The highest BCUT2D eigenvalue weighted by atomic mass is 16.5. The van der Waals surface area contributed by atoms with Gasteiger partial charge in [0.25, 0.3) is 0 Å². The standard InChI is InChI=1S/C13H19NO3/c1-10(8-13(16)17-2)14-9-12(15)11-6-4-3-5-7-11/h3-7,10,12,14-15H,8-9H2,1-2H3. The number of carbonyl (C=O) groups is 1. The van der Waals surface area contributed by atoms with Crippen molar-refractivity contribution in [2.75, 3.05) is 13.7 Å². The van der Waals surface area contributed by atoms with Gasteiger partial charge in [-0.25, -0.2) is 0 Å². The molecule has 2 unspecified atom stereocenters. The highest BCUT2D eigenvalue weighted by molar-refractivity contribution is 5.69. The number of ether oxygens (including phenoxy) is 1. The summed E-state index contributed by atoms with van der Waals surface area (Å²) in [5.74, 6) is -0.251. The molecule has 1 aromatic carbocycles. The summed E-state index contributed by atoms with van der Waals surface area (Å²) in [6, 6.07) is 9.41. The number of rotatable bonds is 6. The molecule has 0 radical (unpaired) electrons. The molecule has 0 spiro atoms. The lowest BCUT2D eigenvalue weighted by molar-refractivity contribution is -0.141. The highest BCUT2D eigenvalue weighted by Crippen LogP contribution is 2.10. The van der Waals surface area contributed by atoms with Crippen LogP contribution in [0.2, 0.25) is 0 Å². The van der Waals surface area contributed by atoms with Crippen molar-refractivity contribution >= 4 is 5.97 Å². The number of hydrogen-bond acceptors (Lipinski definition) is 4. The normalized spacial score (nSPS) is 14.1. The van der Waals surface area contributed by atoms with E-state index >= 15 is 0 Å². The zero-order chi connectivity index (χ0) is 12.7. The molecule has 4 heteroatoms. The van der Waals surface area contributed by atoms with Gasteiger partial charge in [-0.05, 0) is 12.5 Å². The molecule has 0 aromatic heterocycles. The Bertz CT molecular complexity index is 340. The molecule has 0 aliphatic heterocycles. The maximum atomic E-state index is 11.0. The van der Waals surface area contributed by atoms with Crippen molar-refractivity contribution in [1.29, 1.82) is 0 Å². The first-order chi connectivity index (χ1) is 8.13. The fraction of sp³-hybridized carbons (Fsp3) is 0.462. The number of benzene rings is 1. The van der Waals surface area contributed by atoms with E-state index in [9.17, 15) is 9.90 Å². The van der Waals surface area contributed by atoms with Crippen LogP contribution in [0.3, 0.4) is 0 Å². The molecule has 1 rings (SSSR count). The zero-order valence-corrected chi connectivity index (χ0v) is 10.2. The monoisotopic (exact) mass is 237 g/mol. The predicted molar refractivity (Wildman–Crippen MR) is 65.5 cm³/mol. The summed E-state index contributed by atoms with van der Waals surface area (Å²) in [5.41, 5.74) is 0.866. The van der Waals surface area contributed by atoms with Crippen LogP contribution in [-0.2, 0) is 9.53 Å². The average molecular weight is 237 g/mol. The van der Waals surface area contributed by atoms with Gasteiger partial charge in [0.1, 0.15) is 0 Å². The Morgan fingerprint density at radius 1 is 1.41 bits per heavy atom. The lowest BCUT2D eigenvalue weighted by Gasteiger charge is -2.16. The molecule has 4 nitrogen and oxygen atoms in total. The van der Waals surface area contributed by atoms with Crippen molar-refractivity contribution < 1.29 is 14.6 Å². The van der Waals surface area contributed by atoms with Gasteiger partial charge in [-0.3, -0.25) is 4.79 Å². The van der Waals surface area contributed by atoms with Crippen LogP contribution < -0.4 is 5.32 Å². The lowest BCUT2D eigenvalue weighted by atomic mass is 10.1. The van der Waals surface area contributed by atoms with Crippen LogP contribution in [0.15, 0.2) is 30.3 Å². The van der Waals surface area contributed by atoms with Crippen LogP contribution in [0.4, 0.5) is 0 Å². The fourth-order valence-corrected chi connectivity index (χ4v) is 1.51. The van der Waals surface area contributed by atoms with Crippen molar-refractivity contribution in [2.45, 2.75) is 25.5 Å². The van der Waals surface area contributed by atoms with Crippen LogP contribution in [0.25, 0.3) is 0 Å². The van der Waals surface area contributed by atoms with E-state index in [1.54, 1.807) is 0 Å². The van der Waals surface area contributed by atoms with E-state index in [-0.39, 0.29) is 12.0 Å². The maximum absolute atomic E-state index is 11.0. The Hall–Kier alpha value is -1.39. The summed E-state index contributed by atoms with van der Waals surface area (Å²) in [4.78, 5) is 11.0. The predicted octanol–water partition coefficient (Wildman–Crippen LogP) is 1.26. The van der Waals surface area contributed by atoms with E-state index in [4.69, 9.17) is 0 Å². The number of methoxy groups -OCH3 is 1. The van der Waals surface area contributed by atoms with Crippen LogP contribution in [-0.4, -0.2) is 30.8 Å². The van der Waals surface area contributed by atoms with Crippen LogP contribution in [0.1, 0.15) is 25.0 Å². The Balaban J connectivity index is 2.33. The maximum Gasteiger partial charge on any atom is 0.307 e. The molecular weight excluding hydrogens is 218 g/mol. The fourth-order valence-electron chi connectivity index (χ4n) is 1.51. The van der Waals surface area contributed by atoms with E-state index in [2.05, 4.69) is 10.1 Å². The van der Waals surface area contributed by atoms with Gasteiger partial charge in [0.15, 0.2) is 0 Å². The summed E-state index contributed by atoms with van der Waals surface area (Å²) < 4.78 is 4.57. The van der Waals surface area contributed by atoms with Gasteiger partial charge < -0.3 is 15.2 Å². The first kappa shape index (κ1) is 13.7. The summed E-state index contributed by atoms with van der Waals surface area (Å²) in [6.45, 7) is 2.30. The lowest BCUT2D eigenvalue weighted by Crippen LogP contribution is -2.32. The van der Waals surface area contributed by atoms with Gasteiger partial charge in [-0.2, -0.15) is 0 Å². The molecule has 0 amide bonds. The molecule has 0 aliphatic carbocycles. The molecule has 0 aliphatic rings. The van der Waals surface area contributed by atoms with Gasteiger partial charge in [0.05, 0.1) is 19.6 Å². The second-order valence-electron chi connectivity index (χ2n) is 4.02. The number of nitrogens with one attached hydrogen (secondary N) is 1.